The summed E-state index contributed by atoms with van der Waals surface area (Å²) in [5.74, 6) is 0.480. The minimum atomic E-state index is 0. The van der Waals surface area contributed by atoms with Crippen molar-refractivity contribution in [2.75, 3.05) is 13.1 Å². The van der Waals surface area contributed by atoms with E-state index in [2.05, 4.69) is 10.3 Å². The number of carbonyl (C=O) groups excluding carboxylic acids is 1. The Bertz CT molecular complexity index is 406. The first-order valence-corrected chi connectivity index (χ1v) is 6.02. The second-order valence-electron chi connectivity index (χ2n) is 3.86. The summed E-state index contributed by atoms with van der Waals surface area (Å²) in [6.45, 7) is 1.99. The number of thiazole rings is 1. The van der Waals surface area contributed by atoms with E-state index in [1.54, 1.807) is 0 Å². The van der Waals surface area contributed by atoms with Crippen LogP contribution in [0.4, 0.5) is 0 Å². The largest absolute Gasteiger partial charge is 0.327 e. The predicted molar refractivity (Wildman–Crippen MR) is 66.7 cm³/mol. The number of nitrogens with one attached hydrogen (secondary N) is 1. The zero-order valence-electron chi connectivity index (χ0n) is 9.18. The monoisotopic (exact) mass is 261 g/mol. The van der Waals surface area contributed by atoms with Gasteiger partial charge in [-0.2, -0.15) is 4.99 Å². The van der Waals surface area contributed by atoms with Gasteiger partial charge in [0.05, 0.1) is 0 Å². The summed E-state index contributed by atoms with van der Waals surface area (Å²) >= 11 is 1.50. The molecule has 1 unspecified atom stereocenters. The third kappa shape index (κ3) is 3.43. The van der Waals surface area contributed by atoms with Gasteiger partial charge in [0.15, 0.2) is 4.80 Å². The molecular weight excluding hydrogens is 246 g/mol. The minimum absolute atomic E-state index is 0. The predicted octanol–water partition coefficient (Wildman–Crippen LogP) is 0.935. The van der Waals surface area contributed by atoms with E-state index in [0.29, 0.717) is 12.3 Å². The molecule has 0 saturated carbocycles. The Morgan fingerprint density at radius 1 is 1.75 bits per heavy atom. The molecule has 6 heteroatoms. The van der Waals surface area contributed by atoms with Crippen molar-refractivity contribution in [3.63, 3.8) is 0 Å². The van der Waals surface area contributed by atoms with Gasteiger partial charge in [0.2, 0.25) is 5.91 Å². The number of aromatic nitrogens is 1. The van der Waals surface area contributed by atoms with E-state index in [1.165, 1.54) is 11.3 Å². The zero-order chi connectivity index (χ0) is 10.7. The molecule has 1 amide bonds. The average molecular weight is 262 g/mol. The van der Waals surface area contributed by atoms with Crippen molar-refractivity contribution in [2.24, 2.45) is 18.0 Å². The Hall–Kier alpha value is -0.650. The maximum atomic E-state index is 11.6. The van der Waals surface area contributed by atoms with Crippen LogP contribution in [0.15, 0.2) is 16.6 Å². The SMILES string of the molecule is Cl.Cn1ccsc1=NC(=O)CC1CCNC1. The Morgan fingerprint density at radius 2 is 2.56 bits per heavy atom. The van der Waals surface area contributed by atoms with Crippen molar-refractivity contribution in [2.45, 2.75) is 12.8 Å². The van der Waals surface area contributed by atoms with Gasteiger partial charge in [0.1, 0.15) is 0 Å². The number of carbonyl (C=O) groups is 1. The van der Waals surface area contributed by atoms with E-state index < -0.39 is 0 Å². The van der Waals surface area contributed by atoms with E-state index in [0.717, 1.165) is 24.3 Å². The van der Waals surface area contributed by atoms with Gasteiger partial charge < -0.3 is 9.88 Å². The highest BCUT2D eigenvalue weighted by molar-refractivity contribution is 7.07. The van der Waals surface area contributed by atoms with Gasteiger partial charge in [-0.15, -0.1) is 23.7 Å². The number of amides is 1. The number of hydrogen-bond donors (Lipinski definition) is 1. The summed E-state index contributed by atoms with van der Waals surface area (Å²) in [5, 5.41) is 5.19. The normalized spacial score (nSPS) is 20.8. The summed E-state index contributed by atoms with van der Waals surface area (Å²) < 4.78 is 1.87. The Balaban J connectivity index is 0.00000128. The fraction of sp³-hybridized carbons (Fsp3) is 0.600. The highest BCUT2D eigenvalue weighted by Crippen LogP contribution is 2.12. The van der Waals surface area contributed by atoms with E-state index in [1.807, 2.05) is 23.2 Å². The zero-order valence-corrected chi connectivity index (χ0v) is 10.8. The van der Waals surface area contributed by atoms with Crippen LogP contribution in [0.3, 0.4) is 0 Å². The van der Waals surface area contributed by atoms with E-state index in [9.17, 15) is 4.79 Å². The van der Waals surface area contributed by atoms with Crippen molar-refractivity contribution >= 4 is 29.7 Å². The Kier molecular flexibility index (Phi) is 5.18. The fourth-order valence-corrected chi connectivity index (χ4v) is 2.47. The van der Waals surface area contributed by atoms with Gasteiger partial charge >= 0.3 is 0 Å². The number of aryl methyl sites for hydroxylation is 1. The first-order valence-electron chi connectivity index (χ1n) is 5.14. The number of halogens is 1. The van der Waals surface area contributed by atoms with Crippen LogP contribution in [-0.2, 0) is 11.8 Å². The smallest absolute Gasteiger partial charge is 0.248 e. The summed E-state index contributed by atoms with van der Waals surface area (Å²) in [5.41, 5.74) is 0. The molecule has 2 heterocycles. The number of rotatable bonds is 2. The molecule has 4 nitrogen and oxygen atoms in total. The maximum absolute atomic E-state index is 11.6. The lowest BCUT2D eigenvalue weighted by molar-refractivity contribution is -0.118. The summed E-state index contributed by atoms with van der Waals surface area (Å²) in [6, 6.07) is 0. The highest BCUT2D eigenvalue weighted by atomic mass is 35.5. The van der Waals surface area contributed by atoms with Crippen LogP contribution in [0, 0.1) is 5.92 Å². The van der Waals surface area contributed by atoms with Crippen LogP contribution >= 0.6 is 23.7 Å². The van der Waals surface area contributed by atoms with E-state index in [4.69, 9.17) is 0 Å². The fourth-order valence-electron chi connectivity index (χ4n) is 1.72. The van der Waals surface area contributed by atoms with Crippen LogP contribution in [-0.4, -0.2) is 23.6 Å². The van der Waals surface area contributed by atoms with Crippen molar-refractivity contribution in [3.8, 4) is 0 Å². The Labute approximate surface area is 105 Å². The molecule has 1 atom stereocenters. The minimum Gasteiger partial charge on any atom is -0.327 e. The average Bonchev–Trinajstić information content (AvgIpc) is 2.79. The maximum Gasteiger partial charge on any atom is 0.248 e. The molecule has 1 aliphatic rings. The second-order valence-corrected chi connectivity index (χ2v) is 4.74. The van der Waals surface area contributed by atoms with Crippen molar-refractivity contribution in [1.82, 2.24) is 9.88 Å². The summed E-state index contributed by atoms with van der Waals surface area (Å²) in [4.78, 5) is 16.5. The summed E-state index contributed by atoms with van der Waals surface area (Å²) in [6.07, 6.45) is 3.58. The molecule has 0 spiro atoms. The van der Waals surface area contributed by atoms with Crippen LogP contribution in [0.2, 0.25) is 0 Å². The first-order chi connectivity index (χ1) is 7.25. The third-order valence-corrected chi connectivity index (χ3v) is 3.45. The van der Waals surface area contributed by atoms with Gasteiger partial charge in [-0.05, 0) is 25.4 Å². The quantitative estimate of drug-likeness (QED) is 0.861. The van der Waals surface area contributed by atoms with Gasteiger partial charge in [-0.25, -0.2) is 0 Å². The van der Waals surface area contributed by atoms with E-state index >= 15 is 0 Å². The molecule has 0 aliphatic carbocycles. The lowest BCUT2D eigenvalue weighted by Gasteiger charge is -2.02. The lowest BCUT2D eigenvalue weighted by Crippen LogP contribution is -2.16. The molecule has 1 saturated heterocycles. The summed E-state index contributed by atoms with van der Waals surface area (Å²) in [7, 11) is 1.90. The standard InChI is InChI=1S/C10H15N3OS.ClH/c1-13-4-5-15-10(13)12-9(14)6-8-2-3-11-7-8;/h4-5,8,11H,2-3,6-7H2,1H3;1H. The lowest BCUT2D eigenvalue weighted by atomic mass is 10.1. The molecule has 0 bridgehead atoms. The van der Waals surface area contributed by atoms with E-state index in [-0.39, 0.29) is 18.3 Å². The molecule has 0 radical (unpaired) electrons. The molecule has 1 aliphatic heterocycles. The Morgan fingerprint density at radius 3 is 3.12 bits per heavy atom. The molecule has 0 aromatic carbocycles. The van der Waals surface area contributed by atoms with Crippen LogP contribution < -0.4 is 10.1 Å². The van der Waals surface area contributed by atoms with Crippen LogP contribution in [0.25, 0.3) is 0 Å². The first kappa shape index (κ1) is 13.4. The molecule has 1 fully saturated rings. The highest BCUT2D eigenvalue weighted by Gasteiger charge is 2.17. The van der Waals surface area contributed by atoms with Gasteiger partial charge in [-0.1, -0.05) is 0 Å². The number of nitrogens with zero attached hydrogens (tertiary/aromatic N) is 2. The van der Waals surface area contributed by atoms with Crippen LogP contribution in [0.5, 0.6) is 0 Å². The van der Waals surface area contributed by atoms with Gasteiger partial charge in [0.25, 0.3) is 0 Å². The number of hydrogen-bond acceptors (Lipinski definition) is 3. The van der Waals surface area contributed by atoms with Crippen molar-refractivity contribution < 1.29 is 4.79 Å². The molecule has 1 N–H and O–H groups in total. The molecule has 1 aromatic heterocycles. The van der Waals surface area contributed by atoms with Crippen molar-refractivity contribution in [1.29, 1.82) is 0 Å². The van der Waals surface area contributed by atoms with Crippen molar-refractivity contribution in [3.05, 3.63) is 16.4 Å². The molecule has 2 rings (SSSR count). The third-order valence-electron chi connectivity index (χ3n) is 2.61. The van der Waals surface area contributed by atoms with Crippen LogP contribution in [0.1, 0.15) is 12.8 Å². The molecule has 16 heavy (non-hydrogen) atoms. The molecule has 1 aromatic rings. The topological polar surface area (TPSA) is 46.4 Å². The molecule has 90 valence electrons. The van der Waals surface area contributed by atoms with Gasteiger partial charge in [-0.3, -0.25) is 4.79 Å². The van der Waals surface area contributed by atoms with Gasteiger partial charge in [0, 0.05) is 25.0 Å². The second kappa shape index (κ2) is 6.18. The molecular formula is C10H16ClN3OS.